The predicted octanol–water partition coefficient (Wildman–Crippen LogP) is 7.47. The molecule has 0 aliphatic heterocycles. The SMILES string of the molecule is CCCCC1CCC2C(CCC3(C)C(C(C)Cn4cc(C#N)cn4)CCC23)C1CCC. The van der Waals surface area contributed by atoms with Crippen molar-refractivity contribution in [2.24, 2.45) is 46.8 Å². The average Bonchev–Trinajstić information content (AvgIpc) is 3.36. The molecule has 8 unspecified atom stereocenters. The molecular weight excluding hydrogens is 378 g/mol. The molecule has 0 radical (unpaired) electrons. The summed E-state index contributed by atoms with van der Waals surface area (Å²) in [5, 5.41) is 13.6. The van der Waals surface area contributed by atoms with Gasteiger partial charge < -0.3 is 0 Å². The predicted molar refractivity (Wildman–Crippen MR) is 127 cm³/mol. The Bertz CT molecular complexity index is 761. The van der Waals surface area contributed by atoms with Gasteiger partial charge in [0.2, 0.25) is 0 Å². The van der Waals surface area contributed by atoms with E-state index < -0.39 is 0 Å². The minimum atomic E-state index is 0.513. The Kier molecular flexibility index (Phi) is 7.14. The summed E-state index contributed by atoms with van der Waals surface area (Å²) in [4.78, 5) is 0. The fourth-order valence-corrected chi connectivity index (χ4v) is 8.76. The van der Waals surface area contributed by atoms with E-state index in [0.717, 1.165) is 42.1 Å². The van der Waals surface area contributed by atoms with Crippen molar-refractivity contribution in [3.05, 3.63) is 18.0 Å². The summed E-state index contributed by atoms with van der Waals surface area (Å²) < 4.78 is 2.02. The number of rotatable bonds is 8. The number of hydrogen-bond acceptors (Lipinski definition) is 2. The first-order chi connectivity index (χ1) is 15.0. The van der Waals surface area contributed by atoms with Crippen LogP contribution in [0.25, 0.3) is 0 Å². The van der Waals surface area contributed by atoms with Crippen molar-refractivity contribution < 1.29 is 0 Å². The van der Waals surface area contributed by atoms with E-state index in [9.17, 15) is 0 Å². The third-order valence-corrected chi connectivity index (χ3v) is 10.1. The topological polar surface area (TPSA) is 41.6 Å². The number of aromatic nitrogens is 2. The third-order valence-electron chi connectivity index (χ3n) is 10.1. The van der Waals surface area contributed by atoms with Gasteiger partial charge in [0.25, 0.3) is 0 Å². The molecular formula is C28H45N3. The minimum absolute atomic E-state index is 0.513. The van der Waals surface area contributed by atoms with Crippen molar-refractivity contribution >= 4 is 0 Å². The van der Waals surface area contributed by atoms with Gasteiger partial charge in [0.15, 0.2) is 0 Å². The molecule has 3 aliphatic rings. The zero-order valence-corrected chi connectivity index (χ0v) is 20.5. The summed E-state index contributed by atoms with van der Waals surface area (Å²) in [6.45, 7) is 10.8. The van der Waals surface area contributed by atoms with Gasteiger partial charge in [0.1, 0.15) is 6.07 Å². The second-order valence-corrected chi connectivity index (χ2v) is 11.6. The molecule has 0 N–H and O–H groups in total. The van der Waals surface area contributed by atoms with Crippen molar-refractivity contribution in [1.29, 1.82) is 5.26 Å². The van der Waals surface area contributed by atoms with Crippen LogP contribution in [0.3, 0.4) is 0 Å². The first kappa shape index (κ1) is 22.9. The van der Waals surface area contributed by atoms with E-state index >= 15 is 0 Å². The van der Waals surface area contributed by atoms with Crippen LogP contribution in [0.15, 0.2) is 12.4 Å². The number of nitrogens with zero attached hydrogens (tertiary/aromatic N) is 3. The highest BCUT2D eigenvalue weighted by atomic mass is 15.3. The molecule has 0 aromatic carbocycles. The van der Waals surface area contributed by atoms with Gasteiger partial charge in [-0.2, -0.15) is 10.4 Å². The molecule has 3 nitrogen and oxygen atoms in total. The first-order valence-electron chi connectivity index (χ1n) is 13.4. The van der Waals surface area contributed by atoms with Crippen LogP contribution in [0.2, 0.25) is 0 Å². The van der Waals surface area contributed by atoms with Gasteiger partial charge in [-0.1, -0.05) is 59.8 Å². The monoisotopic (exact) mass is 423 g/mol. The van der Waals surface area contributed by atoms with Crippen LogP contribution in [0.5, 0.6) is 0 Å². The molecule has 0 spiro atoms. The smallest absolute Gasteiger partial charge is 0.102 e. The molecule has 4 rings (SSSR count). The van der Waals surface area contributed by atoms with E-state index in [4.69, 9.17) is 5.26 Å². The van der Waals surface area contributed by atoms with Crippen LogP contribution in [0.4, 0.5) is 0 Å². The largest absolute Gasteiger partial charge is 0.271 e. The highest BCUT2D eigenvalue weighted by Gasteiger charge is 2.57. The fourth-order valence-electron chi connectivity index (χ4n) is 8.76. The second-order valence-electron chi connectivity index (χ2n) is 11.6. The lowest BCUT2D eigenvalue weighted by Crippen LogP contribution is -2.48. The van der Waals surface area contributed by atoms with E-state index in [1.807, 2.05) is 10.9 Å². The Morgan fingerprint density at radius 2 is 1.97 bits per heavy atom. The standard InChI is InChI=1S/C28H45N3/c1-5-7-9-22-10-11-25-24(23(22)8-6-2)14-15-28(4)26(12-13-27(25)28)20(3)18-31-19-21(16-29)17-30-31/h17,19-20,22-27H,5-15,18H2,1-4H3. The van der Waals surface area contributed by atoms with Gasteiger partial charge in [-0.25, -0.2) is 0 Å². The molecule has 1 aromatic rings. The van der Waals surface area contributed by atoms with Gasteiger partial charge in [-0.3, -0.25) is 4.68 Å². The van der Waals surface area contributed by atoms with Gasteiger partial charge in [-0.15, -0.1) is 0 Å². The Morgan fingerprint density at radius 3 is 2.68 bits per heavy atom. The van der Waals surface area contributed by atoms with E-state index in [2.05, 4.69) is 38.9 Å². The summed E-state index contributed by atoms with van der Waals surface area (Å²) in [6, 6.07) is 2.22. The maximum absolute atomic E-state index is 9.12. The van der Waals surface area contributed by atoms with E-state index in [-0.39, 0.29) is 0 Å². The number of nitriles is 1. The summed E-state index contributed by atoms with van der Waals surface area (Å²) in [5.74, 6) is 6.38. The van der Waals surface area contributed by atoms with Crippen LogP contribution < -0.4 is 0 Å². The van der Waals surface area contributed by atoms with Crippen LogP contribution >= 0.6 is 0 Å². The highest BCUT2D eigenvalue weighted by molar-refractivity contribution is 5.21. The van der Waals surface area contributed by atoms with E-state index in [1.54, 1.807) is 6.20 Å². The summed E-state index contributed by atoms with van der Waals surface area (Å²) in [6.07, 6.45) is 19.5. The fraction of sp³-hybridized carbons (Fsp3) is 0.857. The molecule has 3 heteroatoms. The Balaban J connectivity index is 1.47. The molecule has 1 heterocycles. The summed E-state index contributed by atoms with van der Waals surface area (Å²) in [7, 11) is 0. The van der Waals surface area contributed by atoms with Crippen LogP contribution in [0, 0.1) is 58.2 Å². The van der Waals surface area contributed by atoms with Crippen molar-refractivity contribution in [1.82, 2.24) is 9.78 Å². The molecule has 3 saturated carbocycles. The molecule has 1 aromatic heterocycles. The molecule has 31 heavy (non-hydrogen) atoms. The number of hydrogen-bond donors (Lipinski definition) is 0. The lowest BCUT2D eigenvalue weighted by atomic mass is 9.50. The molecule has 172 valence electrons. The van der Waals surface area contributed by atoms with Crippen molar-refractivity contribution in [3.63, 3.8) is 0 Å². The Hall–Kier alpha value is -1.30. The molecule has 3 fully saturated rings. The highest BCUT2D eigenvalue weighted by Crippen LogP contribution is 2.65. The van der Waals surface area contributed by atoms with Crippen LogP contribution in [-0.2, 0) is 6.54 Å². The van der Waals surface area contributed by atoms with Crippen LogP contribution in [-0.4, -0.2) is 9.78 Å². The van der Waals surface area contributed by atoms with E-state index in [0.29, 0.717) is 16.9 Å². The normalized spacial score (nSPS) is 38.3. The molecule has 8 atom stereocenters. The summed E-state index contributed by atoms with van der Waals surface area (Å²) in [5.41, 5.74) is 1.20. The first-order valence-corrected chi connectivity index (χ1v) is 13.4. The molecule has 0 bridgehead atoms. The van der Waals surface area contributed by atoms with Crippen molar-refractivity contribution in [2.45, 2.75) is 105 Å². The third kappa shape index (κ3) is 4.34. The molecule has 0 saturated heterocycles. The van der Waals surface area contributed by atoms with Gasteiger partial charge >= 0.3 is 0 Å². The van der Waals surface area contributed by atoms with Gasteiger partial charge in [0.05, 0.1) is 11.8 Å². The number of fused-ring (bicyclic) bond motifs is 3. The maximum atomic E-state index is 9.12. The zero-order chi connectivity index (χ0) is 22.0. The molecule has 3 aliphatic carbocycles. The minimum Gasteiger partial charge on any atom is -0.271 e. The average molecular weight is 424 g/mol. The lowest BCUT2D eigenvalue weighted by Gasteiger charge is -2.55. The van der Waals surface area contributed by atoms with Crippen molar-refractivity contribution in [3.8, 4) is 6.07 Å². The molecule has 0 amide bonds. The Morgan fingerprint density at radius 1 is 1.13 bits per heavy atom. The number of unbranched alkanes of at least 4 members (excludes halogenated alkanes) is 1. The summed E-state index contributed by atoms with van der Waals surface area (Å²) >= 11 is 0. The van der Waals surface area contributed by atoms with Gasteiger partial charge in [-0.05, 0) is 85.4 Å². The Labute approximate surface area is 191 Å². The van der Waals surface area contributed by atoms with Crippen molar-refractivity contribution in [2.75, 3.05) is 0 Å². The van der Waals surface area contributed by atoms with Crippen LogP contribution in [0.1, 0.15) is 104 Å². The van der Waals surface area contributed by atoms with Gasteiger partial charge in [0, 0.05) is 12.7 Å². The second kappa shape index (κ2) is 9.68. The van der Waals surface area contributed by atoms with E-state index in [1.165, 1.54) is 70.6 Å². The maximum Gasteiger partial charge on any atom is 0.102 e. The quantitative estimate of drug-likeness (QED) is 0.435. The lowest BCUT2D eigenvalue weighted by molar-refractivity contribution is -0.0636. The zero-order valence-electron chi connectivity index (χ0n) is 20.5.